The van der Waals surface area contributed by atoms with Crippen molar-refractivity contribution < 1.29 is 13.5 Å². The predicted molar refractivity (Wildman–Crippen MR) is 66.4 cm³/mol. The minimum absolute atomic E-state index is 0.0213. The third kappa shape index (κ3) is 2.43. The molecule has 1 aliphatic rings. The van der Waals surface area contributed by atoms with Crippen LogP contribution in [0.2, 0.25) is 0 Å². The van der Waals surface area contributed by atoms with E-state index < -0.39 is 16.1 Å². The van der Waals surface area contributed by atoms with E-state index in [4.69, 9.17) is 0 Å². The monoisotopic (exact) mass is 273 g/mol. The number of aliphatic hydroxyl groups is 1. The van der Waals surface area contributed by atoms with Crippen molar-refractivity contribution in [2.24, 2.45) is 5.92 Å². The van der Waals surface area contributed by atoms with E-state index >= 15 is 0 Å². The van der Waals surface area contributed by atoms with Crippen molar-refractivity contribution in [1.29, 1.82) is 0 Å². The summed E-state index contributed by atoms with van der Waals surface area (Å²) in [6, 6.07) is 0. The predicted octanol–water partition coefficient (Wildman–Crippen LogP) is 0.294. The average Bonchev–Trinajstić information content (AvgIpc) is 2.98. The molecule has 1 aromatic rings. The molecule has 2 heterocycles. The molecular formula is C11H19N3O3S. The van der Waals surface area contributed by atoms with Crippen molar-refractivity contribution >= 4 is 10.0 Å². The molecule has 18 heavy (non-hydrogen) atoms. The lowest BCUT2D eigenvalue weighted by atomic mass is 10.0. The summed E-state index contributed by atoms with van der Waals surface area (Å²) < 4.78 is 27.7. The maximum Gasteiger partial charge on any atom is 0.262 e. The minimum Gasteiger partial charge on any atom is -0.393 e. The van der Waals surface area contributed by atoms with Crippen molar-refractivity contribution in [3.05, 3.63) is 12.5 Å². The van der Waals surface area contributed by atoms with Crippen molar-refractivity contribution in [2.45, 2.75) is 37.9 Å². The summed E-state index contributed by atoms with van der Waals surface area (Å²) in [5, 5.41) is 9.60. The largest absolute Gasteiger partial charge is 0.393 e. The molecule has 0 spiro atoms. The zero-order chi connectivity index (χ0) is 13.3. The molecule has 0 amide bonds. The van der Waals surface area contributed by atoms with Crippen LogP contribution in [0, 0.1) is 5.92 Å². The first-order valence-corrected chi connectivity index (χ1v) is 7.59. The first-order chi connectivity index (χ1) is 8.45. The van der Waals surface area contributed by atoms with Gasteiger partial charge in [-0.2, -0.15) is 4.31 Å². The Labute approximate surface area is 107 Å². The summed E-state index contributed by atoms with van der Waals surface area (Å²) >= 11 is 0. The molecule has 0 aromatic carbocycles. The van der Waals surface area contributed by atoms with E-state index in [-0.39, 0.29) is 10.9 Å². The third-order valence-electron chi connectivity index (χ3n) is 3.45. The molecule has 2 rings (SSSR count). The van der Waals surface area contributed by atoms with E-state index in [9.17, 15) is 13.5 Å². The van der Waals surface area contributed by atoms with Crippen molar-refractivity contribution in [1.82, 2.24) is 13.9 Å². The molecule has 102 valence electrons. The van der Waals surface area contributed by atoms with Gasteiger partial charge in [-0.25, -0.2) is 13.4 Å². The Balaban J connectivity index is 2.17. The Hall–Kier alpha value is -0.920. The molecule has 0 aliphatic carbocycles. The molecule has 1 aromatic heterocycles. The molecule has 2 unspecified atom stereocenters. The van der Waals surface area contributed by atoms with Gasteiger partial charge in [0.15, 0.2) is 5.03 Å². The van der Waals surface area contributed by atoms with E-state index in [0.717, 1.165) is 0 Å². The summed E-state index contributed by atoms with van der Waals surface area (Å²) in [6.45, 7) is 5.15. The molecule has 1 saturated heterocycles. The van der Waals surface area contributed by atoms with Gasteiger partial charge in [-0.1, -0.05) is 0 Å². The normalized spacial score (nSPS) is 23.4. The number of sulfonamides is 1. The minimum atomic E-state index is -3.50. The summed E-state index contributed by atoms with van der Waals surface area (Å²) in [5.74, 6) is 0.0213. The van der Waals surface area contributed by atoms with Gasteiger partial charge in [0, 0.05) is 25.8 Å². The van der Waals surface area contributed by atoms with Gasteiger partial charge in [-0.05, 0) is 26.2 Å². The lowest BCUT2D eigenvalue weighted by Crippen LogP contribution is -2.30. The number of hydrogen-bond donors (Lipinski definition) is 1. The van der Waals surface area contributed by atoms with Crippen LogP contribution in [0.1, 0.15) is 20.3 Å². The number of hydrogen-bond acceptors (Lipinski definition) is 4. The number of nitrogens with zero attached hydrogens (tertiary/aromatic N) is 3. The highest BCUT2D eigenvalue weighted by atomic mass is 32.2. The van der Waals surface area contributed by atoms with Gasteiger partial charge in [-0.3, -0.25) is 0 Å². The molecular weight excluding hydrogens is 254 g/mol. The van der Waals surface area contributed by atoms with Crippen molar-refractivity contribution in [2.75, 3.05) is 13.1 Å². The SMILES string of the molecule is CCn1cnc(S(=O)(=O)N2CCC(C(C)O)C2)c1. The number of rotatable bonds is 4. The lowest BCUT2D eigenvalue weighted by Gasteiger charge is -2.16. The summed E-state index contributed by atoms with van der Waals surface area (Å²) in [5.41, 5.74) is 0. The van der Waals surface area contributed by atoms with Gasteiger partial charge in [-0.15, -0.1) is 0 Å². The van der Waals surface area contributed by atoms with Gasteiger partial charge >= 0.3 is 0 Å². The maximum absolute atomic E-state index is 12.3. The molecule has 6 nitrogen and oxygen atoms in total. The Bertz CT molecular complexity index is 509. The highest BCUT2D eigenvalue weighted by molar-refractivity contribution is 7.89. The quantitative estimate of drug-likeness (QED) is 0.856. The molecule has 1 fully saturated rings. The maximum atomic E-state index is 12.3. The van der Waals surface area contributed by atoms with Crippen LogP contribution in [0.3, 0.4) is 0 Å². The second-order valence-electron chi connectivity index (χ2n) is 4.69. The summed E-state index contributed by atoms with van der Waals surface area (Å²) in [7, 11) is -3.50. The van der Waals surface area contributed by atoms with Gasteiger partial charge in [0.05, 0.1) is 12.4 Å². The van der Waals surface area contributed by atoms with Crippen LogP contribution in [-0.4, -0.2) is 46.6 Å². The molecule has 1 N–H and O–H groups in total. The fraction of sp³-hybridized carbons (Fsp3) is 0.727. The molecule has 0 bridgehead atoms. The highest BCUT2D eigenvalue weighted by Crippen LogP contribution is 2.25. The topological polar surface area (TPSA) is 75.4 Å². The Morgan fingerprint density at radius 1 is 1.61 bits per heavy atom. The third-order valence-corrected chi connectivity index (χ3v) is 5.20. The Morgan fingerprint density at radius 2 is 2.33 bits per heavy atom. The summed E-state index contributed by atoms with van der Waals surface area (Å²) in [4.78, 5) is 3.94. The van der Waals surface area contributed by atoms with Crippen LogP contribution in [0.4, 0.5) is 0 Å². The Morgan fingerprint density at radius 3 is 2.83 bits per heavy atom. The molecule has 1 aliphatic heterocycles. The first-order valence-electron chi connectivity index (χ1n) is 6.15. The van der Waals surface area contributed by atoms with E-state index in [2.05, 4.69) is 4.98 Å². The van der Waals surface area contributed by atoms with E-state index in [1.54, 1.807) is 17.7 Å². The fourth-order valence-electron chi connectivity index (χ4n) is 2.14. The van der Waals surface area contributed by atoms with Gasteiger partial charge < -0.3 is 9.67 Å². The number of aromatic nitrogens is 2. The van der Waals surface area contributed by atoms with Gasteiger partial charge in [0.2, 0.25) is 0 Å². The number of aryl methyl sites for hydroxylation is 1. The van der Waals surface area contributed by atoms with Crippen LogP contribution in [0.25, 0.3) is 0 Å². The summed E-state index contributed by atoms with van der Waals surface area (Å²) in [6.07, 6.45) is 3.30. The highest BCUT2D eigenvalue weighted by Gasteiger charge is 2.35. The van der Waals surface area contributed by atoms with Crippen LogP contribution in [0.5, 0.6) is 0 Å². The zero-order valence-corrected chi connectivity index (χ0v) is 11.5. The van der Waals surface area contributed by atoms with Crippen LogP contribution in [-0.2, 0) is 16.6 Å². The van der Waals surface area contributed by atoms with E-state index in [1.807, 2.05) is 6.92 Å². The first kappa shape index (κ1) is 13.5. The molecule has 7 heteroatoms. The van der Waals surface area contributed by atoms with Crippen LogP contribution in [0.15, 0.2) is 17.6 Å². The lowest BCUT2D eigenvalue weighted by molar-refractivity contribution is 0.133. The van der Waals surface area contributed by atoms with Gasteiger partial charge in [0.1, 0.15) is 0 Å². The molecule has 0 saturated carbocycles. The number of imidazole rings is 1. The van der Waals surface area contributed by atoms with Gasteiger partial charge in [0.25, 0.3) is 10.0 Å². The molecule has 2 atom stereocenters. The second-order valence-corrected chi connectivity index (χ2v) is 6.58. The van der Waals surface area contributed by atoms with Crippen LogP contribution < -0.4 is 0 Å². The smallest absolute Gasteiger partial charge is 0.262 e. The zero-order valence-electron chi connectivity index (χ0n) is 10.7. The van der Waals surface area contributed by atoms with Crippen molar-refractivity contribution in [3.8, 4) is 0 Å². The average molecular weight is 273 g/mol. The Kier molecular flexibility index (Phi) is 3.74. The number of aliphatic hydroxyl groups excluding tert-OH is 1. The van der Waals surface area contributed by atoms with Crippen molar-refractivity contribution in [3.63, 3.8) is 0 Å². The van der Waals surface area contributed by atoms with E-state index in [1.165, 1.54) is 10.6 Å². The van der Waals surface area contributed by atoms with Crippen LogP contribution >= 0.6 is 0 Å². The second kappa shape index (κ2) is 4.99. The molecule has 0 radical (unpaired) electrons. The fourth-order valence-corrected chi connectivity index (χ4v) is 3.59. The van der Waals surface area contributed by atoms with E-state index in [0.29, 0.717) is 26.1 Å². The standard InChI is InChI=1S/C11H19N3O3S/c1-3-13-7-11(12-8-13)18(16,17)14-5-4-10(6-14)9(2)15/h7-10,15H,3-6H2,1-2H3.